The quantitative estimate of drug-likeness (QED) is 0.170. The van der Waals surface area contributed by atoms with Gasteiger partial charge in [0.05, 0.1) is 13.7 Å². The summed E-state index contributed by atoms with van der Waals surface area (Å²) in [5.74, 6) is 0.250. The van der Waals surface area contributed by atoms with Crippen LogP contribution < -0.4 is 0 Å². The molecule has 2 aromatic heterocycles. The third kappa shape index (κ3) is 6.01. The molecular formula is C53H33N3O. The predicted molar refractivity (Wildman–Crippen MR) is 235 cm³/mol. The first-order chi connectivity index (χ1) is 32.4. The Morgan fingerprint density at radius 3 is 1.81 bits per heavy atom. The van der Waals surface area contributed by atoms with E-state index in [9.17, 15) is 11.0 Å². The number of benzene rings is 9. The van der Waals surface area contributed by atoms with Gasteiger partial charge in [-0.15, -0.1) is 0 Å². The van der Waals surface area contributed by atoms with Gasteiger partial charge in [0.2, 0.25) is 0 Å². The molecule has 0 fully saturated rings. The average Bonchev–Trinajstić information content (AvgIpc) is 3.74. The lowest BCUT2D eigenvalue weighted by Gasteiger charge is -2.11. The molecule has 2 heterocycles. The standard InChI is InChI=1S/C53H33N3O/c1-2-10-34(11-3-1)36-20-23-37(24-21-36)51-54-52(56-53(55-51)45-29-22-35-12-4-5-13-38(35)32-45)44-15-8-14-39(33-44)40-25-26-42-31-43(28-27-41(42)30-40)46-17-9-19-49-50(46)47-16-6-7-18-48(47)57-49/h1-33H/i8D,14D,15D,25D,26D,27D,28D,30D,31D,33D. The summed E-state index contributed by atoms with van der Waals surface area (Å²) in [5.41, 5.74) is 3.58. The van der Waals surface area contributed by atoms with Crippen LogP contribution in [-0.2, 0) is 0 Å². The van der Waals surface area contributed by atoms with Crippen molar-refractivity contribution in [3.05, 3.63) is 200 Å². The Bertz CT molecular complexity index is 3880. The van der Waals surface area contributed by atoms with Crippen molar-refractivity contribution in [1.29, 1.82) is 0 Å². The molecule has 4 heteroatoms. The number of rotatable bonds is 6. The summed E-state index contributed by atoms with van der Waals surface area (Å²) < 4.78 is 99.4. The van der Waals surface area contributed by atoms with Crippen LogP contribution in [0, 0.1) is 0 Å². The van der Waals surface area contributed by atoms with E-state index in [-0.39, 0.29) is 45.4 Å². The Morgan fingerprint density at radius 2 is 0.965 bits per heavy atom. The van der Waals surface area contributed by atoms with Gasteiger partial charge >= 0.3 is 0 Å². The molecule has 0 aliphatic rings. The predicted octanol–water partition coefficient (Wildman–Crippen LogP) is 14.1. The first-order valence-electron chi connectivity index (χ1n) is 23.4. The van der Waals surface area contributed by atoms with E-state index in [1.165, 1.54) is 0 Å². The van der Waals surface area contributed by atoms with Gasteiger partial charge in [-0.25, -0.2) is 15.0 Å². The van der Waals surface area contributed by atoms with E-state index >= 15 is 0 Å². The molecule has 9 aromatic carbocycles. The van der Waals surface area contributed by atoms with Gasteiger partial charge in [0.1, 0.15) is 11.2 Å². The lowest BCUT2D eigenvalue weighted by molar-refractivity contribution is 0.669. The second-order valence-electron chi connectivity index (χ2n) is 13.6. The molecule has 0 atom stereocenters. The lowest BCUT2D eigenvalue weighted by atomic mass is 9.95. The van der Waals surface area contributed by atoms with Crippen molar-refractivity contribution in [1.82, 2.24) is 15.0 Å². The molecule has 0 amide bonds. The van der Waals surface area contributed by atoms with Gasteiger partial charge in [-0.2, -0.15) is 0 Å². The Balaban J connectivity index is 1.13. The van der Waals surface area contributed by atoms with Crippen LogP contribution in [0.4, 0.5) is 0 Å². The molecule has 57 heavy (non-hydrogen) atoms. The first-order valence-corrected chi connectivity index (χ1v) is 18.4. The largest absolute Gasteiger partial charge is 0.456 e. The number of furan rings is 1. The Morgan fingerprint density at radius 1 is 0.368 bits per heavy atom. The van der Waals surface area contributed by atoms with Crippen LogP contribution in [0.1, 0.15) is 13.7 Å². The smallest absolute Gasteiger partial charge is 0.164 e. The zero-order valence-corrected chi connectivity index (χ0v) is 30.0. The van der Waals surface area contributed by atoms with Crippen molar-refractivity contribution < 1.29 is 18.1 Å². The molecule has 0 spiro atoms. The molecule has 266 valence electrons. The SMILES string of the molecule is [2H]c1c([2H])c(-c2nc(-c3ccc(-c4ccccc4)cc3)nc(-c3ccc4ccccc4c3)n2)c([2H])c(-c2c([2H])c([2H])c3c([2H])c(-c4cccc5oc6ccccc6c45)c([2H])c([2H])c3c2[2H])c1[2H]. The summed E-state index contributed by atoms with van der Waals surface area (Å²) >= 11 is 0. The van der Waals surface area contributed by atoms with Crippen molar-refractivity contribution in [2.45, 2.75) is 0 Å². The third-order valence-electron chi connectivity index (χ3n) is 10.0. The maximum atomic E-state index is 9.68. The summed E-state index contributed by atoms with van der Waals surface area (Å²) in [4.78, 5) is 14.5. The van der Waals surface area contributed by atoms with Crippen molar-refractivity contribution in [2.75, 3.05) is 0 Å². The van der Waals surface area contributed by atoms with Crippen LogP contribution in [0.2, 0.25) is 0 Å². The van der Waals surface area contributed by atoms with Crippen LogP contribution >= 0.6 is 0 Å². The summed E-state index contributed by atoms with van der Waals surface area (Å²) in [6.07, 6.45) is 0. The molecular weight excluding hydrogens is 695 g/mol. The van der Waals surface area contributed by atoms with Gasteiger partial charge in [0.25, 0.3) is 0 Å². The van der Waals surface area contributed by atoms with Crippen molar-refractivity contribution in [3.63, 3.8) is 0 Å². The normalized spacial score (nSPS) is 14.0. The topological polar surface area (TPSA) is 51.8 Å². The minimum atomic E-state index is -0.654. The number of aromatic nitrogens is 3. The van der Waals surface area contributed by atoms with Crippen LogP contribution in [0.5, 0.6) is 0 Å². The maximum Gasteiger partial charge on any atom is 0.164 e. The van der Waals surface area contributed by atoms with Gasteiger partial charge in [-0.3, -0.25) is 0 Å². The van der Waals surface area contributed by atoms with Gasteiger partial charge < -0.3 is 4.42 Å². The zero-order valence-electron chi connectivity index (χ0n) is 40.0. The van der Waals surface area contributed by atoms with E-state index in [2.05, 4.69) is 0 Å². The summed E-state index contributed by atoms with van der Waals surface area (Å²) in [7, 11) is 0. The van der Waals surface area contributed by atoms with Crippen molar-refractivity contribution >= 4 is 43.5 Å². The van der Waals surface area contributed by atoms with Crippen LogP contribution in [0.15, 0.2) is 204 Å². The minimum absolute atomic E-state index is 0.0221. The highest BCUT2D eigenvalue weighted by molar-refractivity contribution is 6.13. The fourth-order valence-electron chi connectivity index (χ4n) is 7.21. The minimum Gasteiger partial charge on any atom is -0.456 e. The van der Waals surface area contributed by atoms with Crippen LogP contribution in [0.3, 0.4) is 0 Å². The Hall–Kier alpha value is -7.69. The Labute approximate surface area is 343 Å². The monoisotopic (exact) mass is 737 g/mol. The van der Waals surface area contributed by atoms with E-state index in [1.54, 1.807) is 24.3 Å². The molecule has 0 saturated heterocycles. The highest BCUT2D eigenvalue weighted by atomic mass is 16.3. The van der Waals surface area contributed by atoms with Gasteiger partial charge in [0.15, 0.2) is 17.5 Å². The average molecular weight is 738 g/mol. The highest BCUT2D eigenvalue weighted by Crippen LogP contribution is 2.38. The first kappa shape index (κ1) is 24.0. The summed E-state index contributed by atoms with van der Waals surface area (Å²) in [6.45, 7) is 0. The van der Waals surface area contributed by atoms with Crippen LogP contribution in [-0.4, -0.2) is 15.0 Å². The third-order valence-corrected chi connectivity index (χ3v) is 10.0. The van der Waals surface area contributed by atoms with Crippen molar-refractivity contribution in [3.8, 4) is 67.5 Å². The lowest BCUT2D eigenvalue weighted by Crippen LogP contribution is -2.00. The molecule has 0 N–H and O–H groups in total. The zero-order chi connectivity index (χ0) is 46.4. The molecule has 0 radical (unpaired) electrons. The number of hydrogen-bond donors (Lipinski definition) is 0. The number of fused-ring (bicyclic) bond motifs is 5. The molecule has 0 unspecified atom stereocenters. The van der Waals surface area contributed by atoms with Crippen molar-refractivity contribution in [2.24, 2.45) is 0 Å². The van der Waals surface area contributed by atoms with Crippen LogP contribution in [0.25, 0.3) is 111 Å². The summed E-state index contributed by atoms with van der Waals surface area (Å²) in [5, 5.41) is 2.73. The van der Waals surface area contributed by atoms with Gasteiger partial charge in [-0.05, 0) is 91.3 Å². The van der Waals surface area contributed by atoms with E-state index in [1.807, 2.05) is 115 Å². The fourth-order valence-corrected chi connectivity index (χ4v) is 7.21. The molecule has 0 saturated carbocycles. The number of para-hydroxylation sites is 1. The second-order valence-corrected chi connectivity index (χ2v) is 13.6. The second kappa shape index (κ2) is 13.6. The number of nitrogens with zero attached hydrogens (tertiary/aromatic N) is 3. The highest BCUT2D eigenvalue weighted by Gasteiger charge is 2.16. The van der Waals surface area contributed by atoms with E-state index in [0.29, 0.717) is 33.2 Å². The molecule has 0 bridgehead atoms. The fraction of sp³-hybridized carbons (Fsp3) is 0. The van der Waals surface area contributed by atoms with E-state index < -0.39 is 65.5 Å². The summed E-state index contributed by atoms with van der Waals surface area (Å²) in [6, 6.07) is 38.0. The molecule has 4 nitrogen and oxygen atoms in total. The molecule has 11 rings (SSSR count). The number of hydrogen-bond acceptors (Lipinski definition) is 4. The van der Waals surface area contributed by atoms with Gasteiger partial charge in [0, 0.05) is 27.5 Å². The molecule has 0 aliphatic carbocycles. The van der Waals surface area contributed by atoms with E-state index in [0.717, 1.165) is 27.3 Å². The van der Waals surface area contributed by atoms with E-state index in [4.69, 9.17) is 22.1 Å². The maximum absolute atomic E-state index is 9.68. The molecule has 11 aromatic rings. The van der Waals surface area contributed by atoms with Gasteiger partial charge in [-0.1, -0.05) is 164 Å². The Kier molecular flexibility index (Phi) is 5.70. The molecule has 0 aliphatic heterocycles.